The van der Waals surface area contributed by atoms with Gasteiger partial charge in [-0.15, -0.1) is 0 Å². The molecule has 0 spiro atoms. The topological polar surface area (TPSA) is 12.0 Å². The Morgan fingerprint density at radius 2 is 2.14 bits per heavy atom. The highest BCUT2D eigenvalue weighted by Crippen LogP contribution is 2.17. The molecule has 14 heavy (non-hydrogen) atoms. The van der Waals surface area contributed by atoms with Crippen LogP contribution in [0, 0.1) is 12.7 Å². The standard InChI is InChI=1S/C12H18FN/c1-4-5-10(3)14-12-8-11(13)7-6-9(12)2/h6-8,10,14H,4-5H2,1-3H3/t10-/m1/s1. The van der Waals surface area contributed by atoms with Gasteiger partial charge >= 0.3 is 0 Å². The molecule has 2 heteroatoms. The highest BCUT2D eigenvalue weighted by molar-refractivity contribution is 5.51. The molecule has 1 N–H and O–H groups in total. The summed E-state index contributed by atoms with van der Waals surface area (Å²) in [6, 6.07) is 5.25. The zero-order chi connectivity index (χ0) is 10.6. The van der Waals surface area contributed by atoms with E-state index in [4.69, 9.17) is 0 Å². The third-order valence-corrected chi connectivity index (χ3v) is 2.32. The van der Waals surface area contributed by atoms with Crippen LogP contribution in [-0.2, 0) is 0 Å². The molecule has 0 saturated carbocycles. The number of benzene rings is 1. The quantitative estimate of drug-likeness (QED) is 0.771. The fourth-order valence-electron chi connectivity index (χ4n) is 1.52. The molecule has 0 amide bonds. The monoisotopic (exact) mass is 195 g/mol. The Labute approximate surface area is 85.3 Å². The van der Waals surface area contributed by atoms with E-state index in [0.717, 1.165) is 24.1 Å². The van der Waals surface area contributed by atoms with Crippen LogP contribution in [0.5, 0.6) is 0 Å². The van der Waals surface area contributed by atoms with Gasteiger partial charge in [-0.1, -0.05) is 19.4 Å². The Morgan fingerprint density at radius 1 is 1.43 bits per heavy atom. The molecule has 78 valence electrons. The zero-order valence-electron chi connectivity index (χ0n) is 9.10. The Hall–Kier alpha value is -1.05. The first kappa shape index (κ1) is 11.0. The van der Waals surface area contributed by atoms with E-state index in [2.05, 4.69) is 19.2 Å². The smallest absolute Gasteiger partial charge is 0.125 e. The SMILES string of the molecule is CCC[C@@H](C)Nc1cc(F)ccc1C. The molecule has 1 rings (SSSR count). The van der Waals surface area contributed by atoms with Gasteiger partial charge in [0.2, 0.25) is 0 Å². The fraction of sp³-hybridized carbons (Fsp3) is 0.500. The van der Waals surface area contributed by atoms with Gasteiger partial charge in [-0.2, -0.15) is 0 Å². The van der Waals surface area contributed by atoms with Crippen LogP contribution in [0.25, 0.3) is 0 Å². The second kappa shape index (κ2) is 4.99. The Morgan fingerprint density at radius 3 is 2.79 bits per heavy atom. The zero-order valence-corrected chi connectivity index (χ0v) is 9.10. The average Bonchev–Trinajstić information content (AvgIpc) is 2.12. The van der Waals surface area contributed by atoms with Gasteiger partial charge in [0, 0.05) is 11.7 Å². The summed E-state index contributed by atoms with van der Waals surface area (Å²) in [5.74, 6) is -0.179. The third kappa shape index (κ3) is 3.02. The molecule has 0 saturated heterocycles. The van der Waals surface area contributed by atoms with Crippen LogP contribution < -0.4 is 5.32 Å². The fourth-order valence-corrected chi connectivity index (χ4v) is 1.52. The molecule has 0 fully saturated rings. The van der Waals surface area contributed by atoms with Gasteiger partial charge in [0.05, 0.1) is 0 Å². The van der Waals surface area contributed by atoms with Crippen LogP contribution in [-0.4, -0.2) is 6.04 Å². The lowest BCUT2D eigenvalue weighted by atomic mass is 10.1. The second-order valence-corrected chi connectivity index (χ2v) is 3.79. The number of hydrogen-bond acceptors (Lipinski definition) is 1. The molecule has 1 aromatic rings. The van der Waals surface area contributed by atoms with Crippen LogP contribution in [0.3, 0.4) is 0 Å². The summed E-state index contributed by atoms with van der Waals surface area (Å²) in [6.07, 6.45) is 2.25. The first-order chi connectivity index (χ1) is 6.63. The Kier molecular flexibility index (Phi) is 3.93. The molecule has 0 unspecified atom stereocenters. The molecule has 1 atom stereocenters. The lowest BCUT2D eigenvalue weighted by Crippen LogP contribution is -2.15. The number of aryl methyl sites for hydroxylation is 1. The molecule has 0 aliphatic rings. The van der Waals surface area contributed by atoms with E-state index in [1.807, 2.05) is 6.92 Å². The van der Waals surface area contributed by atoms with Crippen molar-refractivity contribution < 1.29 is 4.39 Å². The van der Waals surface area contributed by atoms with Crippen molar-refractivity contribution in [3.63, 3.8) is 0 Å². The summed E-state index contributed by atoms with van der Waals surface area (Å²) in [7, 11) is 0. The Bertz CT molecular complexity index is 296. The van der Waals surface area contributed by atoms with Crippen molar-refractivity contribution in [1.82, 2.24) is 0 Å². The Balaban J connectivity index is 2.70. The van der Waals surface area contributed by atoms with Crippen molar-refractivity contribution in [2.75, 3.05) is 5.32 Å². The van der Waals surface area contributed by atoms with E-state index >= 15 is 0 Å². The molecule has 1 aromatic carbocycles. The van der Waals surface area contributed by atoms with Crippen LogP contribution >= 0.6 is 0 Å². The largest absolute Gasteiger partial charge is 0.382 e. The van der Waals surface area contributed by atoms with E-state index in [1.165, 1.54) is 6.07 Å². The van der Waals surface area contributed by atoms with Crippen molar-refractivity contribution in [1.29, 1.82) is 0 Å². The maximum absolute atomic E-state index is 12.9. The highest BCUT2D eigenvalue weighted by Gasteiger charge is 2.03. The lowest BCUT2D eigenvalue weighted by molar-refractivity contribution is 0.626. The number of nitrogens with one attached hydrogen (secondary N) is 1. The van der Waals surface area contributed by atoms with E-state index < -0.39 is 0 Å². The summed E-state index contributed by atoms with van der Waals surface area (Å²) in [5.41, 5.74) is 2.00. The number of rotatable bonds is 4. The summed E-state index contributed by atoms with van der Waals surface area (Å²) < 4.78 is 12.9. The van der Waals surface area contributed by atoms with Crippen molar-refractivity contribution in [3.8, 4) is 0 Å². The molecular formula is C12H18FN. The lowest BCUT2D eigenvalue weighted by Gasteiger charge is -2.16. The van der Waals surface area contributed by atoms with Crippen LogP contribution in [0.2, 0.25) is 0 Å². The van der Waals surface area contributed by atoms with Gasteiger partial charge in [-0.25, -0.2) is 4.39 Å². The highest BCUT2D eigenvalue weighted by atomic mass is 19.1. The van der Waals surface area contributed by atoms with Crippen molar-refractivity contribution >= 4 is 5.69 Å². The van der Waals surface area contributed by atoms with Gasteiger partial charge < -0.3 is 5.32 Å². The summed E-state index contributed by atoms with van der Waals surface area (Å²) in [5, 5.41) is 3.31. The van der Waals surface area contributed by atoms with Crippen molar-refractivity contribution in [3.05, 3.63) is 29.6 Å². The van der Waals surface area contributed by atoms with E-state index in [1.54, 1.807) is 12.1 Å². The van der Waals surface area contributed by atoms with E-state index in [-0.39, 0.29) is 5.82 Å². The van der Waals surface area contributed by atoms with E-state index in [0.29, 0.717) is 6.04 Å². The van der Waals surface area contributed by atoms with Gasteiger partial charge in [0.25, 0.3) is 0 Å². The van der Waals surface area contributed by atoms with Crippen LogP contribution in [0.1, 0.15) is 32.3 Å². The minimum Gasteiger partial charge on any atom is -0.382 e. The van der Waals surface area contributed by atoms with Crippen molar-refractivity contribution in [2.24, 2.45) is 0 Å². The first-order valence-electron chi connectivity index (χ1n) is 5.16. The molecule has 0 aliphatic carbocycles. The predicted molar refractivity (Wildman–Crippen MR) is 59.1 cm³/mol. The molecule has 1 nitrogen and oxygen atoms in total. The predicted octanol–water partition coefficient (Wildman–Crippen LogP) is 3.73. The van der Waals surface area contributed by atoms with Gasteiger partial charge in [0.15, 0.2) is 0 Å². The number of hydrogen-bond donors (Lipinski definition) is 1. The first-order valence-corrected chi connectivity index (χ1v) is 5.16. The number of anilines is 1. The van der Waals surface area contributed by atoms with Gasteiger partial charge in [-0.3, -0.25) is 0 Å². The molecule has 0 aromatic heterocycles. The minimum atomic E-state index is -0.179. The number of halogens is 1. The molecule has 0 bridgehead atoms. The molecular weight excluding hydrogens is 177 g/mol. The average molecular weight is 195 g/mol. The summed E-state index contributed by atoms with van der Waals surface area (Å²) in [6.45, 7) is 6.25. The maximum Gasteiger partial charge on any atom is 0.125 e. The van der Waals surface area contributed by atoms with Crippen molar-refractivity contribution in [2.45, 2.75) is 39.7 Å². The second-order valence-electron chi connectivity index (χ2n) is 3.79. The third-order valence-electron chi connectivity index (χ3n) is 2.32. The molecule has 0 aliphatic heterocycles. The van der Waals surface area contributed by atoms with Gasteiger partial charge in [0.1, 0.15) is 5.82 Å². The van der Waals surface area contributed by atoms with E-state index in [9.17, 15) is 4.39 Å². The van der Waals surface area contributed by atoms with Crippen LogP contribution in [0.4, 0.5) is 10.1 Å². The van der Waals surface area contributed by atoms with Crippen LogP contribution in [0.15, 0.2) is 18.2 Å². The molecule has 0 radical (unpaired) electrons. The maximum atomic E-state index is 12.9. The normalized spacial score (nSPS) is 12.6. The van der Waals surface area contributed by atoms with Gasteiger partial charge in [-0.05, 0) is 38.0 Å². The molecule has 0 heterocycles. The summed E-state index contributed by atoms with van der Waals surface area (Å²) >= 11 is 0. The minimum absolute atomic E-state index is 0.179. The summed E-state index contributed by atoms with van der Waals surface area (Å²) in [4.78, 5) is 0.